The predicted molar refractivity (Wildman–Crippen MR) is 123 cm³/mol. The van der Waals surface area contributed by atoms with E-state index in [2.05, 4.69) is 32.1 Å². The van der Waals surface area contributed by atoms with Crippen molar-refractivity contribution >= 4 is 22.9 Å². The molecule has 4 heterocycles. The van der Waals surface area contributed by atoms with Crippen LogP contribution in [0.2, 0.25) is 0 Å². The number of rotatable bonds is 3. The van der Waals surface area contributed by atoms with Crippen molar-refractivity contribution in [3.8, 4) is 11.8 Å². The first-order valence-corrected chi connectivity index (χ1v) is 10.9. The number of aromatic nitrogens is 4. The van der Waals surface area contributed by atoms with Crippen LogP contribution in [-0.2, 0) is 9.53 Å². The van der Waals surface area contributed by atoms with Crippen molar-refractivity contribution in [3.05, 3.63) is 52.2 Å². The van der Waals surface area contributed by atoms with E-state index in [1.807, 2.05) is 6.92 Å². The van der Waals surface area contributed by atoms with Crippen molar-refractivity contribution in [3.63, 3.8) is 0 Å². The molecule has 0 aliphatic carbocycles. The average molecular weight is 450 g/mol. The molecule has 0 aromatic carbocycles. The van der Waals surface area contributed by atoms with Gasteiger partial charge >= 0.3 is 0 Å². The Bertz CT molecular complexity index is 1290. The minimum Gasteiger partial charge on any atom is -0.390 e. The number of anilines is 1. The number of aliphatic hydroxyl groups excluding tert-OH is 1. The maximum atomic E-state index is 13.0. The number of H-pyrrole nitrogens is 1. The zero-order valence-electron chi connectivity index (χ0n) is 19.0. The Kier molecular flexibility index (Phi) is 6.06. The molecule has 1 aliphatic rings. The standard InChI is InChI=1S/C24H27N5O4/c1-5-17-16(30)12-18(33-17)29-13-15(7-6-14-8-10-25-11-9-14)19-20(29)26-23(27-21(19)31)28-22(32)24(2,3)4/h8-11,13,16-18,30H,5,12H2,1-4H3,(H2,26,27,28,31,32)/t16?,17-,18-/m1/s1. The van der Waals surface area contributed by atoms with Gasteiger partial charge in [0, 0.05) is 36.0 Å². The number of nitrogens with one attached hydrogen (secondary N) is 2. The fraction of sp³-hybridized carbons (Fsp3) is 0.417. The summed E-state index contributed by atoms with van der Waals surface area (Å²) < 4.78 is 7.74. The van der Waals surface area contributed by atoms with Crippen LogP contribution in [0.5, 0.6) is 0 Å². The number of nitrogens with zero attached hydrogens (tertiary/aromatic N) is 3. The number of fused-ring (bicyclic) bond motifs is 1. The predicted octanol–water partition coefficient (Wildman–Crippen LogP) is 2.56. The maximum Gasteiger partial charge on any atom is 0.263 e. The van der Waals surface area contributed by atoms with Gasteiger partial charge in [-0.15, -0.1) is 0 Å². The topological polar surface area (TPSA) is 122 Å². The highest BCUT2D eigenvalue weighted by Gasteiger charge is 2.35. The molecule has 1 saturated heterocycles. The van der Waals surface area contributed by atoms with Gasteiger partial charge in [-0.2, -0.15) is 4.98 Å². The molecule has 0 bridgehead atoms. The Labute approximate surface area is 191 Å². The highest BCUT2D eigenvalue weighted by Crippen LogP contribution is 2.33. The number of carbonyl (C=O) groups is 1. The molecule has 33 heavy (non-hydrogen) atoms. The van der Waals surface area contributed by atoms with E-state index >= 15 is 0 Å². The number of amides is 1. The molecular formula is C24H27N5O4. The van der Waals surface area contributed by atoms with E-state index in [-0.39, 0.29) is 18.0 Å². The van der Waals surface area contributed by atoms with E-state index in [1.165, 1.54) is 0 Å². The summed E-state index contributed by atoms with van der Waals surface area (Å²) in [7, 11) is 0. The molecule has 0 radical (unpaired) electrons. The molecule has 0 spiro atoms. The first kappa shape index (κ1) is 22.7. The summed E-state index contributed by atoms with van der Waals surface area (Å²) in [6.45, 7) is 7.26. The highest BCUT2D eigenvalue weighted by molar-refractivity contribution is 5.94. The zero-order chi connectivity index (χ0) is 23.8. The molecular weight excluding hydrogens is 422 g/mol. The second-order valence-corrected chi connectivity index (χ2v) is 9.09. The molecule has 4 rings (SSSR count). The summed E-state index contributed by atoms with van der Waals surface area (Å²) in [4.78, 5) is 36.6. The van der Waals surface area contributed by atoms with Crippen molar-refractivity contribution in [1.29, 1.82) is 0 Å². The summed E-state index contributed by atoms with van der Waals surface area (Å²) in [5.74, 6) is 5.85. The first-order valence-electron chi connectivity index (χ1n) is 10.9. The van der Waals surface area contributed by atoms with Gasteiger partial charge in [0.2, 0.25) is 11.9 Å². The third-order valence-corrected chi connectivity index (χ3v) is 5.53. The van der Waals surface area contributed by atoms with Crippen LogP contribution in [-0.4, -0.2) is 42.7 Å². The third-order valence-electron chi connectivity index (χ3n) is 5.53. The Hall–Kier alpha value is -3.48. The molecule has 1 unspecified atom stereocenters. The van der Waals surface area contributed by atoms with Crippen LogP contribution in [0.4, 0.5) is 5.95 Å². The Morgan fingerprint density at radius 1 is 1.33 bits per heavy atom. The SMILES string of the molecule is CC[C@H]1O[C@@H](n2cc(C#Cc3ccncc3)c3c(=O)[nH]c(NC(=O)C(C)(C)C)nc32)CC1O. The van der Waals surface area contributed by atoms with E-state index in [9.17, 15) is 14.7 Å². The molecule has 3 N–H and O–H groups in total. The fourth-order valence-electron chi connectivity index (χ4n) is 3.65. The van der Waals surface area contributed by atoms with Gasteiger partial charge in [0.25, 0.3) is 5.56 Å². The number of pyridine rings is 1. The number of ether oxygens (including phenoxy) is 1. The van der Waals surface area contributed by atoms with Gasteiger partial charge in [-0.05, 0) is 18.6 Å². The van der Waals surface area contributed by atoms with Crippen LogP contribution in [0, 0.1) is 17.3 Å². The lowest BCUT2D eigenvalue weighted by Crippen LogP contribution is -2.29. The quantitative estimate of drug-likeness (QED) is 0.528. The van der Waals surface area contributed by atoms with Crippen LogP contribution >= 0.6 is 0 Å². The molecule has 9 nitrogen and oxygen atoms in total. The lowest BCUT2D eigenvalue weighted by atomic mass is 9.96. The van der Waals surface area contributed by atoms with Gasteiger partial charge in [0.05, 0.1) is 23.2 Å². The van der Waals surface area contributed by atoms with E-state index < -0.39 is 23.3 Å². The molecule has 1 aliphatic heterocycles. The van der Waals surface area contributed by atoms with Gasteiger partial charge in [-0.1, -0.05) is 39.5 Å². The van der Waals surface area contributed by atoms with Crippen LogP contribution in [0.3, 0.4) is 0 Å². The molecule has 3 aromatic rings. The molecule has 172 valence electrons. The van der Waals surface area contributed by atoms with Crippen molar-refractivity contribution < 1.29 is 14.6 Å². The molecule has 3 atom stereocenters. The van der Waals surface area contributed by atoms with E-state index in [0.29, 0.717) is 29.4 Å². The van der Waals surface area contributed by atoms with Crippen molar-refractivity contribution in [2.75, 3.05) is 5.32 Å². The summed E-state index contributed by atoms with van der Waals surface area (Å²) >= 11 is 0. The summed E-state index contributed by atoms with van der Waals surface area (Å²) in [5.41, 5.74) is 0.470. The van der Waals surface area contributed by atoms with Gasteiger partial charge in [0.1, 0.15) is 6.23 Å². The van der Waals surface area contributed by atoms with E-state index in [4.69, 9.17) is 4.74 Å². The minimum absolute atomic E-state index is 0.0472. The van der Waals surface area contributed by atoms with Gasteiger partial charge in [0.15, 0.2) is 5.65 Å². The molecule has 1 amide bonds. The van der Waals surface area contributed by atoms with E-state index in [1.54, 1.807) is 56.1 Å². The second kappa shape index (κ2) is 8.81. The third kappa shape index (κ3) is 4.67. The second-order valence-electron chi connectivity index (χ2n) is 9.09. The van der Waals surface area contributed by atoms with Gasteiger partial charge in [-0.25, -0.2) is 0 Å². The number of hydrogen-bond acceptors (Lipinski definition) is 6. The number of aliphatic hydroxyl groups is 1. The lowest BCUT2D eigenvalue weighted by molar-refractivity contribution is -0.123. The monoisotopic (exact) mass is 449 g/mol. The molecule has 3 aromatic heterocycles. The van der Waals surface area contributed by atoms with Crippen molar-refractivity contribution in [2.24, 2.45) is 5.41 Å². The minimum atomic E-state index is -0.663. The number of aromatic amines is 1. The first-order chi connectivity index (χ1) is 15.7. The molecule has 1 fully saturated rings. The van der Waals surface area contributed by atoms with Gasteiger partial charge in [-0.3, -0.25) is 24.9 Å². The molecule has 0 saturated carbocycles. The Morgan fingerprint density at radius 3 is 2.70 bits per heavy atom. The Morgan fingerprint density at radius 2 is 2.06 bits per heavy atom. The lowest BCUT2D eigenvalue weighted by Gasteiger charge is -2.17. The summed E-state index contributed by atoms with van der Waals surface area (Å²) in [6.07, 6.45) is 4.58. The van der Waals surface area contributed by atoms with E-state index in [0.717, 1.165) is 5.56 Å². The number of hydrogen-bond donors (Lipinski definition) is 3. The molecule has 9 heteroatoms. The average Bonchev–Trinajstić information content (AvgIpc) is 3.32. The maximum absolute atomic E-state index is 13.0. The van der Waals surface area contributed by atoms with Crippen molar-refractivity contribution in [2.45, 2.75) is 59.0 Å². The van der Waals surface area contributed by atoms with Crippen molar-refractivity contribution in [1.82, 2.24) is 19.5 Å². The largest absolute Gasteiger partial charge is 0.390 e. The summed E-state index contributed by atoms with van der Waals surface area (Å²) in [6, 6.07) is 3.55. The smallest absolute Gasteiger partial charge is 0.263 e. The summed E-state index contributed by atoms with van der Waals surface area (Å²) in [5, 5.41) is 13.3. The fourth-order valence-corrected chi connectivity index (χ4v) is 3.65. The van der Waals surface area contributed by atoms with Crippen LogP contribution in [0.25, 0.3) is 11.0 Å². The normalized spacial score (nSPS) is 20.5. The highest BCUT2D eigenvalue weighted by atomic mass is 16.5. The number of carbonyl (C=O) groups excluding carboxylic acids is 1. The van der Waals surface area contributed by atoms with Gasteiger partial charge < -0.3 is 14.4 Å². The van der Waals surface area contributed by atoms with Crippen LogP contribution < -0.4 is 10.9 Å². The zero-order valence-corrected chi connectivity index (χ0v) is 19.0. The Balaban J connectivity index is 1.83. The van der Waals surface area contributed by atoms with Crippen LogP contribution in [0.15, 0.2) is 35.5 Å². The van der Waals surface area contributed by atoms with Crippen LogP contribution in [0.1, 0.15) is 57.9 Å².